The molecule has 3 N–H and O–H groups in total. The van der Waals surface area contributed by atoms with E-state index in [4.69, 9.17) is 10.5 Å². The van der Waals surface area contributed by atoms with Gasteiger partial charge in [-0.1, -0.05) is 0 Å². The second-order valence-electron chi connectivity index (χ2n) is 5.12. The van der Waals surface area contributed by atoms with E-state index in [-0.39, 0.29) is 0 Å². The van der Waals surface area contributed by atoms with Crippen LogP contribution in [0, 0.1) is 5.41 Å². The second-order valence-corrected chi connectivity index (χ2v) is 5.12. The van der Waals surface area contributed by atoms with Crippen LogP contribution >= 0.6 is 0 Å². The molecule has 0 radical (unpaired) electrons. The summed E-state index contributed by atoms with van der Waals surface area (Å²) >= 11 is 0. The van der Waals surface area contributed by atoms with E-state index < -0.39 is 0 Å². The van der Waals surface area contributed by atoms with Crippen molar-refractivity contribution in [3.05, 3.63) is 0 Å². The van der Waals surface area contributed by atoms with Crippen molar-refractivity contribution in [2.75, 3.05) is 13.2 Å². The van der Waals surface area contributed by atoms with E-state index >= 15 is 0 Å². The van der Waals surface area contributed by atoms with E-state index in [1.165, 1.54) is 25.7 Å². The van der Waals surface area contributed by atoms with Gasteiger partial charge in [0.1, 0.15) is 0 Å². The van der Waals surface area contributed by atoms with E-state index in [1.807, 2.05) is 0 Å². The van der Waals surface area contributed by atoms with Crippen molar-refractivity contribution in [2.45, 2.75) is 44.2 Å². The standard InChI is InChI=1S/C11H19N3O/c12-10(13-7-8-2-1-5-15-8)14-9-6-11(9)3-4-11/h8-9H,1-7H2,(H3,12,13,14). The highest BCUT2D eigenvalue weighted by atomic mass is 16.5. The average Bonchev–Trinajstić information content (AvgIpc) is 3.07. The lowest BCUT2D eigenvalue weighted by Gasteiger charge is -2.07. The van der Waals surface area contributed by atoms with Gasteiger partial charge >= 0.3 is 0 Å². The van der Waals surface area contributed by atoms with Crippen molar-refractivity contribution in [2.24, 2.45) is 16.1 Å². The molecule has 0 bridgehead atoms. The number of nitrogens with one attached hydrogen (secondary N) is 1. The fourth-order valence-corrected chi connectivity index (χ4v) is 2.48. The summed E-state index contributed by atoms with van der Waals surface area (Å²) in [7, 11) is 0. The summed E-state index contributed by atoms with van der Waals surface area (Å²) in [4.78, 5) is 4.34. The highest BCUT2D eigenvalue weighted by Crippen LogP contribution is 2.65. The van der Waals surface area contributed by atoms with Crippen molar-refractivity contribution < 1.29 is 4.74 Å². The number of aliphatic imine (C=N–C) groups is 1. The van der Waals surface area contributed by atoms with Gasteiger partial charge in [0.25, 0.3) is 0 Å². The van der Waals surface area contributed by atoms with Gasteiger partial charge in [0.15, 0.2) is 5.96 Å². The molecule has 3 aliphatic rings. The Kier molecular flexibility index (Phi) is 2.12. The zero-order valence-corrected chi connectivity index (χ0v) is 9.04. The van der Waals surface area contributed by atoms with Gasteiger partial charge in [-0.15, -0.1) is 0 Å². The number of ether oxygens (including phenoxy) is 1. The fourth-order valence-electron chi connectivity index (χ4n) is 2.48. The number of hydrogen-bond acceptors (Lipinski definition) is 2. The first-order valence-electron chi connectivity index (χ1n) is 5.97. The SMILES string of the molecule is NC(=NCC1CCCO1)NC1CC12CC2. The van der Waals surface area contributed by atoms with Crippen LogP contribution in [0.5, 0.6) is 0 Å². The molecule has 0 aromatic heterocycles. The maximum absolute atomic E-state index is 5.82. The zero-order valence-electron chi connectivity index (χ0n) is 9.04. The molecule has 1 spiro atoms. The third kappa shape index (κ3) is 1.95. The molecule has 2 aliphatic carbocycles. The molecule has 0 aromatic rings. The monoisotopic (exact) mass is 209 g/mol. The third-order valence-corrected chi connectivity index (χ3v) is 3.89. The number of hydrogen-bond donors (Lipinski definition) is 2. The van der Waals surface area contributed by atoms with Gasteiger partial charge in [0.05, 0.1) is 12.6 Å². The third-order valence-electron chi connectivity index (χ3n) is 3.89. The van der Waals surface area contributed by atoms with Gasteiger partial charge in [-0.25, -0.2) is 0 Å². The molecule has 1 heterocycles. The highest BCUT2D eigenvalue weighted by Gasteiger charge is 2.63. The number of nitrogens with zero attached hydrogens (tertiary/aromatic N) is 1. The van der Waals surface area contributed by atoms with E-state index in [0.29, 0.717) is 23.5 Å². The first-order chi connectivity index (χ1) is 7.28. The topological polar surface area (TPSA) is 59.6 Å². The van der Waals surface area contributed by atoms with Crippen LogP contribution in [0.3, 0.4) is 0 Å². The quantitative estimate of drug-likeness (QED) is 0.529. The van der Waals surface area contributed by atoms with Gasteiger partial charge in [-0.3, -0.25) is 4.99 Å². The molecule has 0 amide bonds. The van der Waals surface area contributed by atoms with E-state index in [0.717, 1.165) is 19.6 Å². The summed E-state index contributed by atoms with van der Waals surface area (Å²) in [6.07, 6.45) is 6.65. The largest absolute Gasteiger partial charge is 0.376 e. The Morgan fingerprint density at radius 3 is 3.00 bits per heavy atom. The minimum Gasteiger partial charge on any atom is -0.376 e. The summed E-state index contributed by atoms with van der Waals surface area (Å²) in [5, 5.41) is 3.30. The summed E-state index contributed by atoms with van der Waals surface area (Å²) in [6.45, 7) is 1.61. The fraction of sp³-hybridized carbons (Fsp3) is 0.909. The van der Waals surface area contributed by atoms with Gasteiger partial charge in [-0.2, -0.15) is 0 Å². The van der Waals surface area contributed by atoms with Crippen LogP contribution < -0.4 is 11.1 Å². The summed E-state index contributed by atoms with van der Waals surface area (Å²) in [5.41, 5.74) is 6.47. The lowest BCUT2D eigenvalue weighted by atomic mass is 10.2. The predicted octanol–water partition coefficient (Wildman–Crippen LogP) is 0.622. The molecule has 2 saturated carbocycles. The van der Waals surface area contributed by atoms with Crippen LogP contribution in [0.2, 0.25) is 0 Å². The molecule has 4 heteroatoms. The van der Waals surface area contributed by atoms with Crippen LogP contribution in [-0.2, 0) is 4.74 Å². The minimum atomic E-state index is 0.305. The van der Waals surface area contributed by atoms with Crippen LogP contribution in [0.15, 0.2) is 4.99 Å². The summed E-state index contributed by atoms with van der Waals surface area (Å²) in [5.74, 6) is 0.610. The summed E-state index contributed by atoms with van der Waals surface area (Å²) < 4.78 is 5.49. The van der Waals surface area contributed by atoms with E-state index in [9.17, 15) is 0 Å². The van der Waals surface area contributed by atoms with Crippen LogP contribution in [0.1, 0.15) is 32.1 Å². The first kappa shape index (κ1) is 9.46. The van der Waals surface area contributed by atoms with Gasteiger partial charge in [-0.05, 0) is 37.5 Å². The van der Waals surface area contributed by atoms with Crippen molar-refractivity contribution in [3.8, 4) is 0 Å². The Balaban J connectivity index is 1.42. The summed E-state index contributed by atoms with van der Waals surface area (Å²) in [6, 6.07) is 0.616. The Labute approximate surface area is 90.3 Å². The van der Waals surface area contributed by atoms with E-state index in [1.54, 1.807) is 0 Å². The smallest absolute Gasteiger partial charge is 0.188 e. The molecule has 2 atom stereocenters. The van der Waals surface area contributed by atoms with Crippen molar-refractivity contribution in [3.63, 3.8) is 0 Å². The van der Waals surface area contributed by atoms with Crippen LogP contribution in [0.25, 0.3) is 0 Å². The van der Waals surface area contributed by atoms with Crippen molar-refractivity contribution >= 4 is 5.96 Å². The van der Waals surface area contributed by atoms with Gasteiger partial charge in [0, 0.05) is 12.6 Å². The molecule has 3 rings (SSSR count). The van der Waals surface area contributed by atoms with Crippen molar-refractivity contribution in [1.82, 2.24) is 5.32 Å². The molecule has 84 valence electrons. The molecule has 0 aromatic carbocycles. The normalized spacial score (nSPS) is 36.9. The molecule has 1 aliphatic heterocycles. The van der Waals surface area contributed by atoms with Crippen molar-refractivity contribution in [1.29, 1.82) is 0 Å². The highest BCUT2D eigenvalue weighted by molar-refractivity contribution is 5.78. The number of rotatable bonds is 3. The minimum absolute atomic E-state index is 0.305. The molecular formula is C11H19N3O. The van der Waals surface area contributed by atoms with Crippen LogP contribution in [-0.4, -0.2) is 31.3 Å². The lowest BCUT2D eigenvalue weighted by molar-refractivity contribution is 0.117. The molecular weight excluding hydrogens is 190 g/mol. The Morgan fingerprint density at radius 2 is 2.40 bits per heavy atom. The van der Waals surface area contributed by atoms with Gasteiger partial charge in [0.2, 0.25) is 0 Å². The molecule has 3 fully saturated rings. The Bertz CT molecular complexity index is 280. The maximum atomic E-state index is 5.82. The number of nitrogens with two attached hydrogens (primary N) is 1. The lowest BCUT2D eigenvalue weighted by Crippen LogP contribution is -2.35. The van der Waals surface area contributed by atoms with Crippen LogP contribution in [0.4, 0.5) is 0 Å². The molecule has 2 unspecified atom stereocenters. The Morgan fingerprint density at radius 1 is 1.53 bits per heavy atom. The Hall–Kier alpha value is -0.770. The zero-order chi connectivity index (χ0) is 10.3. The van der Waals surface area contributed by atoms with E-state index in [2.05, 4.69) is 10.3 Å². The average molecular weight is 209 g/mol. The first-order valence-corrected chi connectivity index (χ1v) is 5.97. The number of guanidine groups is 1. The maximum Gasteiger partial charge on any atom is 0.188 e. The molecule has 4 nitrogen and oxygen atoms in total. The molecule has 15 heavy (non-hydrogen) atoms. The molecule has 1 saturated heterocycles. The van der Waals surface area contributed by atoms with Gasteiger partial charge < -0.3 is 15.8 Å². The predicted molar refractivity (Wildman–Crippen MR) is 58.7 cm³/mol. The second kappa shape index (κ2) is 3.37.